The summed E-state index contributed by atoms with van der Waals surface area (Å²) in [5.41, 5.74) is 9.67. The monoisotopic (exact) mass is 479 g/mol. The molecular weight excluding hydrogens is 451 g/mol. The SMILES string of the molecule is C=C(C)C(CC/C(C)=C/CSC[C@H](NC(C)=O)C(=O)OC)NC(=O)C(N=[N+]=[N-])C(F)(F)F. The van der Waals surface area contributed by atoms with Gasteiger partial charge in [-0.15, -0.1) is 0 Å². The lowest BCUT2D eigenvalue weighted by Gasteiger charge is -2.22. The van der Waals surface area contributed by atoms with Crippen molar-refractivity contribution in [3.05, 3.63) is 34.2 Å². The van der Waals surface area contributed by atoms with Gasteiger partial charge in [0.2, 0.25) is 17.9 Å². The van der Waals surface area contributed by atoms with Crippen molar-refractivity contribution >= 4 is 29.5 Å². The highest BCUT2D eigenvalue weighted by atomic mass is 32.2. The number of nitrogens with one attached hydrogen (secondary N) is 2. The number of halogens is 3. The molecule has 0 fully saturated rings. The third-order valence-electron chi connectivity index (χ3n) is 4.16. The van der Waals surface area contributed by atoms with Gasteiger partial charge in [0.1, 0.15) is 6.04 Å². The molecule has 9 nitrogen and oxygen atoms in total. The normalized spacial score (nSPS) is 14.4. The van der Waals surface area contributed by atoms with Gasteiger partial charge in [-0.3, -0.25) is 9.59 Å². The van der Waals surface area contributed by atoms with Gasteiger partial charge in [-0.25, -0.2) is 4.79 Å². The molecule has 0 aliphatic carbocycles. The van der Waals surface area contributed by atoms with Crippen molar-refractivity contribution in [1.29, 1.82) is 0 Å². The Morgan fingerprint density at radius 3 is 2.31 bits per heavy atom. The van der Waals surface area contributed by atoms with Crippen molar-refractivity contribution in [1.82, 2.24) is 10.6 Å². The Balaban J connectivity index is 4.81. The van der Waals surface area contributed by atoms with Crippen molar-refractivity contribution in [2.75, 3.05) is 18.6 Å². The van der Waals surface area contributed by atoms with Gasteiger partial charge >= 0.3 is 12.1 Å². The van der Waals surface area contributed by atoms with E-state index < -0.39 is 36.2 Å². The van der Waals surface area contributed by atoms with Crippen LogP contribution in [0, 0.1) is 0 Å². The molecule has 13 heteroatoms. The lowest BCUT2D eigenvalue weighted by atomic mass is 10.0. The molecule has 0 heterocycles. The van der Waals surface area contributed by atoms with Crippen molar-refractivity contribution in [2.24, 2.45) is 5.11 Å². The number of thioether (sulfide) groups is 1. The van der Waals surface area contributed by atoms with E-state index in [-0.39, 0.29) is 5.91 Å². The summed E-state index contributed by atoms with van der Waals surface area (Å²) in [5.74, 6) is -1.51. The first-order valence-electron chi connectivity index (χ1n) is 9.48. The van der Waals surface area contributed by atoms with Crippen LogP contribution in [0.2, 0.25) is 0 Å². The summed E-state index contributed by atoms with van der Waals surface area (Å²) in [6.45, 7) is 8.39. The van der Waals surface area contributed by atoms with Crippen molar-refractivity contribution in [3.63, 3.8) is 0 Å². The van der Waals surface area contributed by atoms with Crippen LogP contribution in [-0.4, -0.2) is 60.7 Å². The molecule has 0 bridgehead atoms. The second kappa shape index (κ2) is 14.4. The van der Waals surface area contributed by atoms with Gasteiger partial charge in [-0.05, 0) is 32.2 Å². The van der Waals surface area contributed by atoms with Crippen LogP contribution < -0.4 is 10.6 Å². The summed E-state index contributed by atoms with van der Waals surface area (Å²) >= 11 is 1.39. The molecule has 2 unspecified atom stereocenters. The molecule has 2 N–H and O–H groups in total. The van der Waals surface area contributed by atoms with Crippen LogP contribution in [0.1, 0.15) is 33.6 Å². The molecule has 0 rings (SSSR count). The summed E-state index contributed by atoms with van der Waals surface area (Å²) in [4.78, 5) is 36.9. The molecule has 0 aliphatic rings. The minimum Gasteiger partial charge on any atom is -0.467 e. The number of hydrogen-bond acceptors (Lipinski definition) is 6. The highest BCUT2D eigenvalue weighted by Crippen LogP contribution is 2.24. The van der Waals surface area contributed by atoms with E-state index in [0.717, 1.165) is 5.57 Å². The average Bonchev–Trinajstić information content (AvgIpc) is 2.69. The van der Waals surface area contributed by atoms with Gasteiger partial charge in [0.25, 0.3) is 0 Å². The fourth-order valence-electron chi connectivity index (χ4n) is 2.43. The van der Waals surface area contributed by atoms with Crippen LogP contribution in [0.25, 0.3) is 10.4 Å². The number of esters is 1. The Morgan fingerprint density at radius 2 is 1.84 bits per heavy atom. The fraction of sp³-hybridized carbons (Fsp3) is 0.632. The second-order valence-electron chi connectivity index (χ2n) is 6.96. The second-order valence-corrected chi connectivity index (χ2v) is 8.03. The molecule has 180 valence electrons. The Labute approximate surface area is 188 Å². The molecule has 0 saturated carbocycles. The smallest absolute Gasteiger partial charge is 0.406 e. The predicted molar refractivity (Wildman–Crippen MR) is 116 cm³/mol. The number of azide groups is 1. The van der Waals surface area contributed by atoms with E-state index in [1.54, 1.807) is 6.92 Å². The van der Waals surface area contributed by atoms with Gasteiger partial charge in [-0.1, -0.05) is 28.9 Å². The van der Waals surface area contributed by atoms with Crippen molar-refractivity contribution in [3.8, 4) is 0 Å². The van der Waals surface area contributed by atoms with E-state index in [1.165, 1.54) is 25.8 Å². The lowest BCUT2D eigenvalue weighted by molar-refractivity contribution is -0.163. The number of carbonyl (C=O) groups is 3. The number of rotatable bonds is 13. The number of nitrogens with zero attached hydrogens (tertiary/aromatic N) is 3. The molecular formula is C19H28F3N5O4S. The van der Waals surface area contributed by atoms with E-state index in [0.29, 0.717) is 29.9 Å². The van der Waals surface area contributed by atoms with Crippen LogP contribution in [0.3, 0.4) is 0 Å². The maximum Gasteiger partial charge on any atom is 0.406 e. The Hall–Kier alpha value is -2.66. The van der Waals surface area contributed by atoms with E-state index in [2.05, 4.69) is 32.0 Å². The number of alkyl halides is 3. The number of allylic oxidation sites excluding steroid dienone is 1. The summed E-state index contributed by atoms with van der Waals surface area (Å²) < 4.78 is 43.3. The van der Waals surface area contributed by atoms with E-state index in [1.807, 2.05) is 13.0 Å². The van der Waals surface area contributed by atoms with Crippen LogP contribution in [0.5, 0.6) is 0 Å². The number of amides is 2. The summed E-state index contributed by atoms with van der Waals surface area (Å²) in [5, 5.41) is 7.28. The van der Waals surface area contributed by atoms with Crippen molar-refractivity contribution < 1.29 is 32.3 Å². The minimum absolute atomic E-state index is 0.297. The summed E-state index contributed by atoms with van der Waals surface area (Å²) in [7, 11) is 1.23. The zero-order valence-electron chi connectivity index (χ0n) is 18.4. The zero-order valence-corrected chi connectivity index (χ0v) is 19.2. The maximum absolute atomic E-state index is 12.9. The van der Waals surface area contributed by atoms with E-state index in [9.17, 15) is 27.6 Å². The molecule has 0 saturated heterocycles. The van der Waals surface area contributed by atoms with Gasteiger partial charge in [0, 0.05) is 29.4 Å². The molecule has 0 aromatic carbocycles. The summed E-state index contributed by atoms with van der Waals surface area (Å²) in [6.07, 6.45) is -2.36. The molecule has 0 aliphatic heterocycles. The highest BCUT2D eigenvalue weighted by Gasteiger charge is 2.44. The predicted octanol–water partition coefficient (Wildman–Crippen LogP) is 3.43. The number of ether oxygens (including phenoxy) is 1. The van der Waals surface area contributed by atoms with Gasteiger partial charge in [0.05, 0.1) is 7.11 Å². The fourth-order valence-corrected chi connectivity index (χ4v) is 3.42. The van der Waals surface area contributed by atoms with Crippen LogP contribution in [0.15, 0.2) is 28.9 Å². The standard InChI is InChI=1S/C19H28F3N5O4S/c1-11(2)14(25-17(29)16(26-27-23)19(20,21)22)7-6-12(3)8-9-32-10-15(18(30)31-5)24-13(4)28/h8,14-16H,1,6-7,9-10H2,2-5H3,(H,24,28)(H,25,29)/b12-8+/t14?,15-,16?/m0/s1. The molecule has 32 heavy (non-hydrogen) atoms. The quantitative estimate of drug-likeness (QED) is 0.104. The van der Waals surface area contributed by atoms with Crippen molar-refractivity contribution in [2.45, 2.75) is 57.9 Å². The average molecular weight is 480 g/mol. The Kier molecular flexibility index (Phi) is 13.2. The minimum atomic E-state index is -5.00. The summed E-state index contributed by atoms with van der Waals surface area (Å²) in [6, 6.07) is -4.31. The van der Waals surface area contributed by atoms with Gasteiger partial charge in [0.15, 0.2) is 0 Å². The molecule has 0 radical (unpaired) electrons. The Morgan fingerprint density at radius 1 is 1.22 bits per heavy atom. The third-order valence-corrected chi connectivity index (χ3v) is 5.13. The lowest BCUT2D eigenvalue weighted by Crippen LogP contribution is -2.47. The topological polar surface area (TPSA) is 133 Å². The Bertz CT molecular complexity index is 767. The van der Waals surface area contributed by atoms with Crippen LogP contribution >= 0.6 is 11.8 Å². The van der Waals surface area contributed by atoms with Gasteiger partial charge in [-0.2, -0.15) is 24.9 Å². The number of hydrogen-bond donors (Lipinski definition) is 2. The highest BCUT2D eigenvalue weighted by molar-refractivity contribution is 7.99. The first kappa shape index (κ1) is 29.3. The van der Waals surface area contributed by atoms with Gasteiger partial charge < -0.3 is 15.4 Å². The first-order chi connectivity index (χ1) is 14.8. The molecule has 0 spiro atoms. The number of methoxy groups -OCH3 is 1. The maximum atomic E-state index is 12.9. The van der Waals surface area contributed by atoms with Crippen LogP contribution in [0.4, 0.5) is 13.2 Å². The molecule has 0 aromatic rings. The zero-order chi connectivity index (χ0) is 24.9. The van der Waals surface area contributed by atoms with Crippen LogP contribution in [-0.2, 0) is 19.1 Å². The third kappa shape index (κ3) is 11.7. The van der Waals surface area contributed by atoms with E-state index in [4.69, 9.17) is 5.53 Å². The molecule has 3 atom stereocenters. The molecule has 0 aromatic heterocycles. The first-order valence-corrected chi connectivity index (χ1v) is 10.6. The molecule has 2 amide bonds. The van der Waals surface area contributed by atoms with E-state index >= 15 is 0 Å². The largest absolute Gasteiger partial charge is 0.467 e. The number of carbonyl (C=O) groups excluding carboxylic acids is 3.